The molecule has 1 atom stereocenters. The van der Waals surface area contributed by atoms with Crippen molar-refractivity contribution in [1.82, 2.24) is 19.7 Å². The summed E-state index contributed by atoms with van der Waals surface area (Å²) in [7, 11) is 4.05. The Kier molecular flexibility index (Phi) is 6.43. The van der Waals surface area contributed by atoms with Gasteiger partial charge < -0.3 is 20.1 Å². The highest BCUT2D eigenvalue weighted by molar-refractivity contribution is 6.39. The van der Waals surface area contributed by atoms with Gasteiger partial charge in [0.05, 0.1) is 11.7 Å². The second kappa shape index (κ2) is 8.99. The van der Waals surface area contributed by atoms with E-state index in [-0.39, 0.29) is 11.7 Å². The molecule has 8 heteroatoms. The number of amides is 2. The minimum atomic E-state index is -0.880. The third kappa shape index (κ3) is 4.76. The van der Waals surface area contributed by atoms with Crippen LogP contribution in [0, 0.1) is 5.82 Å². The van der Waals surface area contributed by atoms with Crippen LogP contribution in [0.1, 0.15) is 11.7 Å². The molecule has 0 unspecified atom stereocenters. The molecule has 150 valence electrons. The highest BCUT2D eigenvalue weighted by Crippen LogP contribution is 2.21. The van der Waals surface area contributed by atoms with Gasteiger partial charge in [0.2, 0.25) is 0 Å². The van der Waals surface area contributed by atoms with Gasteiger partial charge in [-0.3, -0.25) is 14.5 Å². The highest BCUT2D eigenvalue weighted by atomic mass is 19.1. The molecule has 0 saturated carbocycles. The third-order valence-corrected chi connectivity index (χ3v) is 5.09. The number of benzene rings is 1. The molecule has 28 heavy (non-hydrogen) atoms. The van der Waals surface area contributed by atoms with Crippen LogP contribution < -0.4 is 10.6 Å². The molecule has 0 radical (unpaired) electrons. The van der Waals surface area contributed by atoms with Gasteiger partial charge in [0.1, 0.15) is 5.82 Å². The number of piperazine rings is 1. The summed E-state index contributed by atoms with van der Waals surface area (Å²) in [5, 5.41) is 5.02. The summed E-state index contributed by atoms with van der Waals surface area (Å²) in [5.74, 6) is -2.24. The Morgan fingerprint density at radius 3 is 2.39 bits per heavy atom. The van der Waals surface area contributed by atoms with Crippen molar-refractivity contribution in [3.05, 3.63) is 54.1 Å². The average molecular weight is 387 g/mol. The van der Waals surface area contributed by atoms with Gasteiger partial charge in [0.25, 0.3) is 0 Å². The summed E-state index contributed by atoms with van der Waals surface area (Å²) < 4.78 is 15.7. The number of aryl methyl sites for hydroxylation is 1. The van der Waals surface area contributed by atoms with E-state index in [2.05, 4.69) is 27.5 Å². The smallest absolute Gasteiger partial charge is 0.313 e. The lowest BCUT2D eigenvalue weighted by Crippen LogP contribution is -2.49. The average Bonchev–Trinajstić information content (AvgIpc) is 3.10. The normalized spacial score (nSPS) is 16.5. The summed E-state index contributed by atoms with van der Waals surface area (Å²) in [5.41, 5.74) is 1.06. The predicted molar refractivity (Wildman–Crippen MR) is 105 cm³/mol. The van der Waals surface area contributed by atoms with Crippen LogP contribution in [-0.2, 0) is 16.6 Å². The Morgan fingerprint density at radius 2 is 1.75 bits per heavy atom. The summed E-state index contributed by atoms with van der Waals surface area (Å²) in [6, 6.07) is 9.70. The number of aromatic nitrogens is 1. The molecule has 1 aliphatic heterocycles. The number of nitrogens with zero attached hydrogens (tertiary/aromatic N) is 3. The second-order valence-electron chi connectivity index (χ2n) is 7.04. The fourth-order valence-corrected chi connectivity index (χ4v) is 3.39. The van der Waals surface area contributed by atoms with Crippen molar-refractivity contribution in [3.8, 4) is 0 Å². The molecule has 2 aromatic rings. The molecule has 2 N–H and O–H groups in total. The van der Waals surface area contributed by atoms with Gasteiger partial charge in [-0.2, -0.15) is 0 Å². The zero-order valence-electron chi connectivity index (χ0n) is 16.2. The summed E-state index contributed by atoms with van der Waals surface area (Å²) in [6.07, 6.45) is 1.96. The number of halogens is 1. The second-order valence-corrected chi connectivity index (χ2v) is 7.04. The molecule has 2 amide bonds. The van der Waals surface area contributed by atoms with Crippen molar-refractivity contribution >= 4 is 17.5 Å². The molecule has 3 rings (SSSR count). The number of carbonyl (C=O) groups excluding carboxylic acids is 2. The Bertz CT molecular complexity index is 830. The zero-order chi connectivity index (χ0) is 20.1. The number of hydrogen-bond acceptors (Lipinski definition) is 4. The van der Waals surface area contributed by atoms with Gasteiger partial charge in [-0.25, -0.2) is 4.39 Å². The molecular formula is C20H26FN5O2. The number of nitrogens with one attached hydrogen (secondary N) is 2. The van der Waals surface area contributed by atoms with Gasteiger partial charge in [0, 0.05) is 51.7 Å². The number of likely N-dealkylation sites (N-methyl/N-ethyl adjacent to an activating group) is 1. The van der Waals surface area contributed by atoms with Crippen LogP contribution in [-0.4, -0.2) is 66.0 Å². The lowest BCUT2D eigenvalue weighted by atomic mass is 10.1. The standard InChI is InChI=1S/C20H26FN5O2/c1-24-10-12-26(13-11-24)18(17-8-5-9-25(17)2)14-22-19(27)20(28)23-16-7-4-3-6-15(16)21/h3-9,18H,10-14H2,1-2H3,(H,22,27)(H,23,28)/t18-/m1/s1. The third-order valence-electron chi connectivity index (χ3n) is 5.09. The Labute approximate surface area is 164 Å². The summed E-state index contributed by atoms with van der Waals surface area (Å²) in [6.45, 7) is 3.95. The molecule has 1 saturated heterocycles. The molecule has 7 nitrogen and oxygen atoms in total. The van der Waals surface area contributed by atoms with Crippen molar-refractivity contribution in [2.24, 2.45) is 7.05 Å². The minimum absolute atomic E-state index is 0.0132. The Morgan fingerprint density at radius 1 is 1.04 bits per heavy atom. The van der Waals surface area contributed by atoms with Crippen LogP contribution in [0.25, 0.3) is 0 Å². The molecule has 0 spiro atoms. The quantitative estimate of drug-likeness (QED) is 0.757. The van der Waals surface area contributed by atoms with E-state index in [1.165, 1.54) is 18.2 Å². The first-order valence-electron chi connectivity index (χ1n) is 9.33. The van der Waals surface area contributed by atoms with Crippen molar-refractivity contribution in [2.75, 3.05) is 45.1 Å². The molecule has 0 bridgehead atoms. The van der Waals surface area contributed by atoms with Crippen molar-refractivity contribution in [3.63, 3.8) is 0 Å². The molecule has 1 aliphatic rings. The first-order chi connectivity index (χ1) is 13.5. The highest BCUT2D eigenvalue weighted by Gasteiger charge is 2.27. The van der Waals surface area contributed by atoms with Crippen LogP contribution in [0.4, 0.5) is 10.1 Å². The van der Waals surface area contributed by atoms with Gasteiger partial charge in [-0.1, -0.05) is 12.1 Å². The lowest BCUT2D eigenvalue weighted by molar-refractivity contribution is -0.136. The van der Waals surface area contributed by atoms with E-state index in [1.54, 1.807) is 6.07 Å². The number of para-hydroxylation sites is 1. The summed E-state index contributed by atoms with van der Waals surface area (Å²) in [4.78, 5) is 29.0. The first kappa shape index (κ1) is 20.0. The minimum Gasteiger partial charge on any atom is -0.353 e. The largest absolute Gasteiger partial charge is 0.353 e. The van der Waals surface area contributed by atoms with Gasteiger partial charge in [-0.15, -0.1) is 0 Å². The Balaban J connectivity index is 1.64. The van der Waals surface area contributed by atoms with Crippen LogP contribution in [0.3, 0.4) is 0 Å². The Hall–Kier alpha value is -2.71. The zero-order valence-corrected chi connectivity index (χ0v) is 16.2. The molecule has 1 aromatic heterocycles. The van der Waals surface area contributed by atoms with E-state index < -0.39 is 17.6 Å². The molecule has 1 aromatic carbocycles. The predicted octanol–water partition coefficient (Wildman–Crippen LogP) is 1.21. The van der Waals surface area contributed by atoms with E-state index in [9.17, 15) is 14.0 Å². The molecule has 2 heterocycles. The van der Waals surface area contributed by atoms with Gasteiger partial charge in [-0.05, 0) is 31.3 Å². The van der Waals surface area contributed by atoms with Gasteiger partial charge >= 0.3 is 11.8 Å². The lowest BCUT2D eigenvalue weighted by Gasteiger charge is -2.38. The van der Waals surface area contributed by atoms with Crippen LogP contribution >= 0.6 is 0 Å². The maximum atomic E-state index is 13.7. The topological polar surface area (TPSA) is 69.6 Å². The van der Waals surface area contributed by atoms with E-state index in [1.807, 2.05) is 29.9 Å². The van der Waals surface area contributed by atoms with Crippen LogP contribution in [0.2, 0.25) is 0 Å². The monoisotopic (exact) mass is 387 g/mol. The molecule has 0 aliphatic carbocycles. The van der Waals surface area contributed by atoms with E-state index in [4.69, 9.17) is 0 Å². The number of anilines is 1. The summed E-state index contributed by atoms with van der Waals surface area (Å²) >= 11 is 0. The van der Waals surface area contributed by atoms with E-state index >= 15 is 0 Å². The number of rotatable bonds is 5. The number of hydrogen-bond donors (Lipinski definition) is 2. The SMILES string of the molecule is CN1CCN([C@H](CNC(=O)C(=O)Nc2ccccc2F)c2cccn2C)CC1. The van der Waals surface area contributed by atoms with Gasteiger partial charge in [0.15, 0.2) is 0 Å². The maximum absolute atomic E-state index is 13.7. The van der Waals surface area contributed by atoms with E-state index in [0.29, 0.717) is 6.54 Å². The first-order valence-corrected chi connectivity index (χ1v) is 9.33. The fourth-order valence-electron chi connectivity index (χ4n) is 3.39. The van der Waals surface area contributed by atoms with Crippen LogP contribution in [0.15, 0.2) is 42.6 Å². The maximum Gasteiger partial charge on any atom is 0.313 e. The van der Waals surface area contributed by atoms with E-state index in [0.717, 1.165) is 31.9 Å². The molecule has 1 fully saturated rings. The van der Waals surface area contributed by atoms with Crippen molar-refractivity contribution < 1.29 is 14.0 Å². The van der Waals surface area contributed by atoms with Crippen LogP contribution in [0.5, 0.6) is 0 Å². The van der Waals surface area contributed by atoms with Crippen molar-refractivity contribution in [2.45, 2.75) is 6.04 Å². The number of carbonyl (C=O) groups is 2. The molecular weight excluding hydrogens is 361 g/mol. The van der Waals surface area contributed by atoms with Crippen molar-refractivity contribution in [1.29, 1.82) is 0 Å². The fraction of sp³-hybridized carbons (Fsp3) is 0.400.